The molecule has 0 amide bonds. The molecule has 0 heterocycles. The average Bonchev–Trinajstić information content (AvgIpc) is 1.97. The third-order valence-corrected chi connectivity index (χ3v) is 2.65. The van der Waals surface area contributed by atoms with Crippen LogP contribution in [0.2, 0.25) is 0 Å². The van der Waals surface area contributed by atoms with Crippen molar-refractivity contribution in [2.75, 3.05) is 5.33 Å². The maximum Gasteiger partial charge on any atom is 0.483 e. The fourth-order valence-corrected chi connectivity index (χ4v) is 0.869. The molecule has 0 saturated heterocycles. The lowest BCUT2D eigenvalue weighted by Crippen LogP contribution is -2.50. The molecule has 0 fully saturated rings. The van der Waals surface area contributed by atoms with Gasteiger partial charge in [0.05, 0.1) is 11.2 Å². The van der Waals surface area contributed by atoms with E-state index in [1.165, 1.54) is 5.98 Å². The van der Waals surface area contributed by atoms with Crippen LogP contribution in [-0.4, -0.2) is 33.8 Å². The first-order valence-electron chi connectivity index (χ1n) is 4.51. The summed E-state index contributed by atoms with van der Waals surface area (Å²) in [4.78, 5) is 0. The van der Waals surface area contributed by atoms with Gasteiger partial charge in [-0.3, -0.25) is 0 Å². The topological polar surface area (TPSA) is 49.7 Å². The summed E-state index contributed by atoms with van der Waals surface area (Å²) in [5.41, 5.74) is -1.81. The van der Waals surface area contributed by atoms with Crippen molar-refractivity contribution in [3.05, 3.63) is 12.1 Å². The van der Waals surface area contributed by atoms with Crippen molar-refractivity contribution in [3.63, 3.8) is 0 Å². The lowest BCUT2D eigenvalue weighted by atomic mass is 9.83. The quantitative estimate of drug-likeness (QED) is 0.585. The summed E-state index contributed by atoms with van der Waals surface area (Å²) in [5.74, 6) is 1.53. The molecule has 14 heavy (non-hydrogen) atoms. The van der Waals surface area contributed by atoms with Crippen LogP contribution in [0.3, 0.4) is 0 Å². The highest BCUT2D eigenvalue weighted by Gasteiger charge is 2.38. The molecule has 5 heteroatoms. The second kappa shape index (κ2) is 5.30. The number of hydrogen-bond donors (Lipinski definition) is 2. The van der Waals surface area contributed by atoms with E-state index in [9.17, 15) is 10.1 Å². The second-order valence-corrected chi connectivity index (χ2v) is 4.81. The van der Waals surface area contributed by atoms with Gasteiger partial charge in [-0.1, -0.05) is 28.0 Å². The van der Waals surface area contributed by atoms with Crippen molar-refractivity contribution in [3.8, 4) is 0 Å². The van der Waals surface area contributed by atoms with Crippen molar-refractivity contribution in [2.24, 2.45) is 0 Å². The Labute approximate surface area is 94.4 Å². The van der Waals surface area contributed by atoms with Gasteiger partial charge in [-0.05, 0) is 27.7 Å². The highest BCUT2D eigenvalue weighted by molar-refractivity contribution is 9.09. The number of rotatable bonds is 5. The van der Waals surface area contributed by atoms with Gasteiger partial charge in [0.25, 0.3) is 0 Å². The average molecular weight is 265 g/mol. The SMILES string of the molecule is CC(C)(O)C(C)(C)OB(O)/C=C/CBr. The Morgan fingerprint density at radius 1 is 1.36 bits per heavy atom. The highest BCUT2D eigenvalue weighted by atomic mass is 79.9. The van der Waals surface area contributed by atoms with Gasteiger partial charge in [0, 0.05) is 5.33 Å². The Bertz CT molecular complexity index is 199. The predicted octanol–water partition coefficient (Wildman–Crippen LogP) is 1.52. The second-order valence-electron chi connectivity index (χ2n) is 4.16. The Balaban J connectivity index is 4.29. The molecule has 2 N–H and O–H groups in total. The zero-order chi connectivity index (χ0) is 11.4. The maximum absolute atomic E-state index is 9.75. The van der Waals surface area contributed by atoms with Crippen LogP contribution in [-0.2, 0) is 4.65 Å². The molecule has 0 saturated carbocycles. The van der Waals surface area contributed by atoms with E-state index in [4.69, 9.17) is 4.65 Å². The van der Waals surface area contributed by atoms with Crippen LogP contribution in [0.5, 0.6) is 0 Å². The molecule has 0 aliphatic carbocycles. The minimum atomic E-state index is -1.00. The Morgan fingerprint density at radius 2 is 1.86 bits per heavy atom. The van der Waals surface area contributed by atoms with Gasteiger partial charge in [0.1, 0.15) is 0 Å². The first-order chi connectivity index (χ1) is 6.20. The van der Waals surface area contributed by atoms with Crippen molar-refractivity contribution >= 4 is 23.0 Å². The molecule has 0 aromatic rings. The number of hydrogen-bond acceptors (Lipinski definition) is 3. The van der Waals surface area contributed by atoms with Gasteiger partial charge in [-0.25, -0.2) is 0 Å². The van der Waals surface area contributed by atoms with E-state index < -0.39 is 18.3 Å². The molecule has 0 unspecified atom stereocenters. The number of halogens is 1. The van der Waals surface area contributed by atoms with Gasteiger partial charge < -0.3 is 14.8 Å². The largest absolute Gasteiger partial charge is 0.483 e. The van der Waals surface area contributed by atoms with Crippen LogP contribution < -0.4 is 0 Å². The molecular formula is C9H18BBrO3. The van der Waals surface area contributed by atoms with Crippen LogP contribution in [0.4, 0.5) is 0 Å². The summed E-state index contributed by atoms with van der Waals surface area (Å²) in [6, 6.07) is 0. The molecule has 0 aliphatic heterocycles. The molecule has 3 nitrogen and oxygen atoms in total. The maximum atomic E-state index is 9.75. The lowest BCUT2D eigenvalue weighted by Gasteiger charge is -2.38. The van der Waals surface area contributed by atoms with Crippen LogP contribution in [0.25, 0.3) is 0 Å². The summed E-state index contributed by atoms with van der Waals surface area (Å²) < 4.78 is 5.30. The van der Waals surface area contributed by atoms with Crippen molar-refractivity contribution in [1.29, 1.82) is 0 Å². The van der Waals surface area contributed by atoms with Crippen molar-refractivity contribution < 1.29 is 14.8 Å². The molecule has 0 spiro atoms. The molecule has 82 valence electrons. The molecule has 0 aromatic carbocycles. The first kappa shape index (κ1) is 14.2. The summed E-state index contributed by atoms with van der Waals surface area (Å²) in [6.07, 6.45) is 1.74. The van der Waals surface area contributed by atoms with Gasteiger partial charge in [-0.2, -0.15) is 0 Å². The smallest absolute Gasteiger partial charge is 0.423 e. The van der Waals surface area contributed by atoms with E-state index in [2.05, 4.69) is 15.9 Å². The van der Waals surface area contributed by atoms with E-state index in [0.29, 0.717) is 5.33 Å². The Kier molecular flexibility index (Phi) is 5.37. The monoisotopic (exact) mass is 264 g/mol. The summed E-state index contributed by atoms with van der Waals surface area (Å²) in [5, 5.41) is 19.9. The van der Waals surface area contributed by atoms with Crippen LogP contribution in [0, 0.1) is 0 Å². The van der Waals surface area contributed by atoms with Gasteiger partial charge in [0.2, 0.25) is 0 Å². The lowest BCUT2D eigenvalue weighted by molar-refractivity contribution is -0.0984. The van der Waals surface area contributed by atoms with E-state index in [1.54, 1.807) is 33.8 Å². The van der Waals surface area contributed by atoms with E-state index >= 15 is 0 Å². The standard InChI is InChI=1S/C9H18BBrO3/c1-8(2,12)9(3,4)14-10(13)6-5-7-11/h5-6,12-13H,7H2,1-4H3/b6-5+. The minimum Gasteiger partial charge on any atom is -0.423 e. The number of alkyl halides is 1. The van der Waals surface area contributed by atoms with E-state index in [0.717, 1.165) is 0 Å². The van der Waals surface area contributed by atoms with Crippen LogP contribution in [0.15, 0.2) is 12.1 Å². The fraction of sp³-hybridized carbons (Fsp3) is 0.778. The van der Waals surface area contributed by atoms with Gasteiger partial charge >= 0.3 is 7.12 Å². The number of allylic oxidation sites excluding steroid dienone is 1. The molecule has 0 aromatic heterocycles. The molecular weight excluding hydrogens is 247 g/mol. The van der Waals surface area contributed by atoms with Gasteiger partial charge in [-0.15, -0.1) is 0 Å². The van der Waals surface area contributed by atoms with Crippen molar-refractivity contribution in [1.82, 2.24) is 0 Å². The summed E-state index contributed by atoms with van der Waals surface area (Å²) in [7, 11) is -0.992. The van der Waals surface area contributed by atoms with E-state index in [1.807, 2.05) is 0 Å². The predicted molar refractivity (Wildman–Crippen MR) is 62.4 cm³/mol. The third kappa shape index (κ3) is 4.60. The zero-order valence-electron chi connectivity index (χ0n) is 9.12. The molecule has 0 atom stereocenters. The van der Waals surface area contributed by atoms with Crippen LogP contribution in [0.1, 0.15) is 27.7 Å². The number of aliphatic hydroxyl groups is 1. The molecule has 0 radical (unpaired) electrons. The molecule has 0 bridgehead atoms. The zero-order valence-corrected chi connectivity index (χ0v) is 10.7. The van der Waals surface area contributed by atoms with Gasteiger partial charge in [0.15, 0.2) is 0 Å². The minimum absolute atomic E-state index is 0.663. The van der Waals surface area contributed by atoms with E-state index in [-0.39, 0.29) is 0 Å². The summed E-state index contributed by atoms with van der Waals surface area (Å²) in [6.45, 7) is 6.76. The Morgan fingerprint density at radius 3 is 2.21 bits per heavy atom. The fourth-order valence-electron chi connectivity index (χ4n) is 0.653. The third-order valence-electron chi connectivity index (χ3n) is 2.28. The highest BCUT2D eigenvalue weighted by Crippen LogP contribution is 2.25. The first-order valence-corrected chi connectivity index (χ1v) is 5.64. The summed E-state index contributed by atoms with van der Waals surface area (Å²) >= 11 is 3.19. The Hall–Kier alpha value is 0.165. The molecule has 0 rings (SSSR count). The van der Waals surface area contributed by atoms with Crippen molar-refractivity contribution in [2.45, 2.75) is 38.9 Å². The van der Waals surface area contributed by atoms with Crippen LogP contribution >= 0.6 is 15.9 Å². The normalized spacial score (nSPS) is 13.6. The molecule has 0 aliphatic rings.